The van der Waals surface area contributed by atoms with Gasteiger partial charge in [0.1, 0.15) is 12.0 Å². The quantitative estimate of drug-likeness (QED) is 0.147. The van der Waals surface area contributed by atoms with Crippen LogP contribution in [-0.2, 0) is 19.1 Å². The minimum atomic E-state index is -1.03. The number of methoxy groups -OCH3 is 4. The molecule has 0 radical (unpaired) electrons. The Morgan fingerprint density at radius 2 is 1.06 bits per heavy atom. The first-order chi connectivity index (χ1) is 25.9. The van der Waals surface area contributed by atoms with Gasteiger partial charge in [0.15, 0.2) is 33.2 Å². The van der Waals surface area contributed by atoms with Crippen molar-refractivity contribution in [2.45, 2.75) is 45.9 Å². The van der Waals surface area contributed by atoms with Gasteiger partial charge in [-0.1, -0.05) is 24.3 Å². The Kier molecular flexibility index (Phi) is 12.6. The second-order valence-corrected chi connectivity index (χ2v) is 12.9. The third kappa shape index (κ3) is 7.64. The Bertz CT molecular complexity index is 1880. The molecule has 0 fully saturated rings. The van der Waals surface area contributed by atoms with Crippen molar-refractivity contribution in [3.8, 4) is 23.0 Å². The van der Waals surface area contributed by atoms with E-state index in [1.807, 2.05) is 0 Å². The highest BCUT2D eigenvalue weighted by atomic mass is 32.1. The number of carbonyl (C=O) groups excluding carboxylic acids is 2. The van der Waals surface area contributed by atoms with Crippen molar-refractivity contribution in [2.24, 2.45) is 0 Å². The highest BCUT2D eigenvalue weighted by Crippen LogP contribution is 2.48. The molecule has 2 heterocycles. The van der Waals surface area contributed by atoms with Gasteiger partial charge in [-0.25, -0.2) is 14.0 Å². The fourth-order valence-corrected chi connectivity index (χ4v) is 7.47. The van der Waals surface area contributed by atoms with Crippen LogP contribution in [0.1, 0.15) is 62.6 Å². The monoisotopic (exact) mass is 778 g/mol. The highest BCUT2D eigenvalue weighted by molar-refractivity contribution is 7.80. The maximum Gasteiger partial charge on any atom is 0.338 e. The summed E-state index contributed by atoms with van der Waals surface area (Å²) in [4.78, 5) is 31.6. The van der Waals surface area contributed by atoms with Crippen LogP contribution in [0, 0.1) is 5.82 Å². The number of ether oxygens (including phenoxy) is 6. The van der Waals surface area contributed by atoms with E-state index >= 15 is 0 Å². The molecule has 2 unspecified atom stereocenters. The lowest BCUT2D eigenvalue weighted by atomic mass is 9.89. The van der Waals surface area contributed by atoms with Crippen LogP contribution in [0.4, 0.5) is 4.39 Å². The van der Waals surface area contributed by atoms with Crippen molar-refractivity contribution in [3.05, 3.63) is 106 Å². The summed E-state index contributed by atoms with van der Waals surface area (Å²) in [6.45, 7) is 7.12. The molecule has 0 saturated heterocycles. The topological polar surface area (TPSA) is 120 Å². The van der Waals surface area contributed by atoms with Crippen LogP contribution in [0.15, 0.2) is 83.2 Å². The lowest BCUT2D eigenvalue weighted by Crippen LogP contribution is -2.58. The summed E-state index contributed by atoms with van der Waals surface area (Å²) in [6, 6.07) is 14.5. The van der Waals surface area contributed by atoms with Gasteiger partial charge >= 0.3 is 11.9 Å². The summed E-state index contributed by atoms with van der Waals surface area (Å²) in [5, 5.41) is 6.83. The van der Waals surface area contributed by atoms with Crippen LogP contribution in [0.2, 0.25) is 0 Å². The number of halogens is 1. The molecule has 15 heteroatoms. The Balaban J connectivity index is 1.88. The van der Waals surface area contributed by atoms with E-state index in [-0.39, 0.29) is 34.6 Å². The van der Waals surface area contributed by atoms with Crippen LogP contribution >= 0.6 is 24.4 Å². The Morgan fingerprint density at radius 3 is 1.41 bits per heavy atom. The average Bonchev–Trinajstić information content (AvgIpc) is 3.15. The van der Waals surface area contributed by atoms with Crippen molar-refractivity contribution < 1.29 is 42.4 Å². The summed E-state index contributed by atoms with van der Waals surface area (Å²) in [5.74, 6) is 0.0766. The average molecular weight is 779 g/mol. The largest absolute Gasteiger partial charge is 0.493 e. The minimum Gasteiger partial charge on any atom is -0.493 e. The van der Waals surface area contributed by atoms with Crippen LogP contribution in [0.3, 0.4) is 0 Å². The molecule has 2 atom stereocenters. The zero-order valence-corrected chi connectivity index (χ0v) is 32.9. The van der Waals surface area contributed by atoms with E-state index < -0.39 is 36.0 Å². The maximum absolute atomic E-state index is 14.7. The van der Waals surface area contributed by atoms with Gasteiger partial charge in [-0.05, 0) is 105 Å². The van der Waals surface area contributed by atoms with E-state index in [2.05, 4.69) is 10.6 Å². The van der Waals surface area contributed by atoms with E-state index in [0.29, 0.717) is 51.1 Å². The summed E-state index contributed by atoms with van der Waals surface area (Å²) < 4.78 is 48.4. The molecule has 0 aromatic heterocycles. The number of hydrogen-bond donors (Lipinski definition) is 2. The SMILES string of the molecule is CCOC(=O)C1=C(C)NC(=S)N(C(c2ccc(F)cc2)N2C(=S)NC(C)=C(C(=O)OCC)C2c2ccc(OC)c(OC)c2)C1c1ccc(OC)c(OC)c1. The molecule has 2 aliphatic heterocycles. The number of carbonyl (C=O) groups is 2. The molecule has 12 nitrogen and oxygen atoms in total. The molecule has 2 N–H and O–H groups in total. The van der Waals surface area contributed by atoms with Crippen molar-refractivity contribution in [3.63, 3.8) is 0 Å². The highest BCUT2D eigenvalue weighted by Gasteiger charge is 2.48. The normalized spacial score (nSPS) is 17.7. The lowest BCUT2D eigenvalue weighted by Gasteiger charge is -2.52. The van der Waals surface area contributed by atoms with Crippen molar-refractivity contribution in [1.82, 2.24) is 20.4 Å². The maximum atomic E-state index is 14.7. The number of allylic oxidation sites excluding steroid dienone is 2. The number of esters is 2. The number of hydrogen-bond acceptors (Lipinski definition) is 10. The van der Waals surface area contributed by atoms with Gasteiger partial charge in [-0.3, -0.25) is 0 Å². The molecule has 0 amide bonds. The molecule has 2 aliphatic rings. The first-order valence-corrected chi connectivity index (χ1v) is 17.9. The molecule has 0 saturated carbocycles. The molecule has 5 rings (SSSR count). The van der Waals surface area contributed by atoms with E-state index in [1.54, 1.807) is 86.0 Å². The fraction of sp³-hybridized carbons (Fsp3) is 0.333. The van der Waals surface area contributed by atoms with Gasteiger partial charge in [-0.15, -0.1) is 0 Å². The van der Waals surface area contributed by atoms with E-state index in [4.69, 9.17) is 52.9 Å². The predicted molar refractivity (Wildman–Crippen MR) is 208 cm³/mol. The predicted octanol–water partition coefficient (Wildman–Crippen LogP) is 6.40. The molecular formula is C39H43FN4O8S2. The second-order valence-electron chi connectivity index (χ2n) is 12.2. The van der Waals surface area contributed by atoms with Gasteiger partial charge in [0, 0.05) is 11.4 Å². The molecule has 286 valence electrons. The minimum absolute atomic E-state index is 0.106. The van der Waals surface area contributed by atoms with Crippen LogP contribution in [0.5, 0.6) is 23.0 Å². The Morgan fingerprint density at radius 1 is 0.667 bits per heavy atom. The molecule has 3 aromatic carbocycles. The van der Waals surface area contributed by atoms with E-state index in [0.717, 1.165) is 0 Å². The van der Waals surface area contributed by atoms with Crippen LogP contribution in [0.25, 0.3) is 0 Å². The standard InChI is InChI=1S/C39H43FN4O8S2/c1-9-51-36(45)31-21(3)41-38(53)43(33(31)24-13-17-27(47-5)29(19-24)49-7)35(23-11-15-26(40)16-12-23)44-34(25-14-18-28(48-6)30(20-25)50-8)32(37(46)52-10-2)22(4)42-39(44)54/h11-20,33-35H,9-10H2,1-8H3,(H,41,53)(H,42,54). The van der Waals surface area contributed by atoms with Crippen molar-refractivity contribution in [1.29, 1.82) is 0 Å². The smallest absolute Gasteiger partial charge is 0.338 e. The first-order valence-electron chi connectivity index (χ1n) is 17.1. The van der Waals surface area contributed by atoms with E-state index in [9.17, 15) is 14.0 Å². The molecule has 0 spiro atoms. The summed E-state index contributed by atoms with van der Waals surface area (Å²) in [6.07, 6.45) is -1.03. The summed E-state index contributed by atoms with van der Waals surface area (Å²) >= 11 is 12.3. The molecular weight excluding hydrogens is 736 g/mol. The van der Waals surface area contributed by atoms with Gasteiger partial charge in [0.05, 0.1) is 64.9 Å². The second kappa shape index (κ2) is 17.2. The summed E-state index contributed by atoms with van der Waals surface area (Å²) in [5.41, 5.74) is 3.12. The van der Waals surface area contributed by atoms with Gasteiger partial charge in [0.2, 0.25) is 0 Å². The van der Waals surface area contributed by atoms with Gasteiger partial charge < -0.3 is 48.9 Å². The molecule has 0 aliphatic carbocycles. The Hall–Kier alpha value is -5.41. The first kappa shape index (κ1) is 39.8. The number of benzene rings is 3. The number of thiocarbonyl (C=S) groups is 2. The molecule has 3 aromatic rings. The zero-order chi connectivity index (χ0) is 39.3. The summed E-state index contributed by atoms with van der Waals surface area (Å²) in [7, 11) is 6.07. The fourth-order valence-electron chi connectivity index (χ4n) is 6.75. The van der Waals surface area contributed by atoms with E-state index in [1.165, 1.54) is 40.6 Å². The third-order valence-electron chi connectivity index (χ3n) is 9.10. The third-order valence-corrected chi connectivity index (χ3v) is 9.73. The Labute approximate surface area is 324 Å². The number of rotatable bonds is 13. The van der Waals surface area contributed by atoms with Crippen molar-refractivity contribution in [2.75, 3.05) is 41.7 Å². The lowest BCUT2D eigenvalue weighted by molar-refractivity contribution is -0.140. The zero-order valence-electron chi connectivity index (χ0n) is 31.3. The van der Waals surface area contributed by atoms with Crippen molar-refractivity contribution >= 4 is 46.6 Å². The van der Waals surface area contributed by atoms with Crippen LogP contribution < -0.4 is 29.6 Å². The van der Waals surface area contributed by atoms with Gasteiger partial charge in [0.25, 0.3) is 0 Å². The number of nitrogens with one attached hydrogen (secondary N) is 2. The molecule has 54 heavy (non-hydrogen) atoms. The van der Waals surface area contributed by atoms with Crippen LogP contribution in [-0.4, -0.2) is 73.6 Å². The number of nitrogens with zero attached hydrogens (tertiary/aromatic N) is 2. The molecule has 0 bridgehead atoms. The van der Waals surface area contributed by atoms with Gasteiger partial charge in [-0.2, -0.15) is 0 Å².